The summed E-state index contributed by atoms with van der Waals surface area (Å²) >= 11 is 0. The van der Waals surface area contributed by atoms with Crippen LogP contribution in [0.5, 0.6) is 5.75 Å². The Balaban J connectivity index is 2.75. The number of H-pyrrole nitrogens is 1. The molecule has 0 saturated carbocycles. The van der Waals surface area contributed by atoms with Crippen molar-refractivity contribution in [2.45, 2.75) is 52.4 Å². The van der Waals surface area contributed by atoms with E-state index >= 15 is 0 Å². The summed E-state index contributed by atoms with van der Waals surface area (Å²) in [7, 11) is 0. The molecule has 1 heterocycles. The fourth-order valence-electron chi connectivity index (χ4n) is 2.55. The van der Waals surface area contributed by atoms with Gasteiger partial charge < -0.3 is 15.3 Å². The minimum atomic E-state index is -0.246. The van der Waals surface area contributed by atoms with Gasteiger partial charge in [-0.1, -0.05) is 46.7 Å². The number of aromatic nitrogens is 2. The van der Waals surface area contributed by atoms with Gasteiger partial charge in [0.2, 0.25) is 0 Å². The van der Waals surface area contributed by atoms with E-state index in [4.69, 9.17) is 0 Å². The number of rotatable bonds is 2. The number of hydrogen-bond acceptors (Lipinski definition) is 4. The van der Waals surface area contributed by atoms with Crippen LogP contribution in [0.2, 0.25) is 0 Å². The van der Waals surface area contributed by atoms with Gasteiger partial charge in [0.15, 0.2) is 11.5 Å². The van der Waals surface area contributed by atoms with Crippen molar-refractivity contribution < 1.29 is 10.3 Å². The molecular weight excluding hydrogens is 290 g/mol. The van der Waals surface area contributed by atoms with Crippen molar-refractivity contribution in [3.8, 4) is 5.75 Å². The van der Waals surface area contributed by atoms with E-state index in [1.165, 1.54) is 0 Å². The third-order valence-corrected chi connectivity index (χ3v) is 3.82. The molecule has 0 aliphatic rings. The Morgan fingerprint density at radius 1 is 1.04 bits per heavy atom. The third kappa shape index (κ3) is 3.38. The van der Waals surface area contributed by atoms with Crippen LogP contribution >= 0.6 is 0 Å². The normalized spacial score (nSPS) is 13.4. The summed E-state index contributed by atoms with van der Waals surface area (Å²) in [5.74, 6) is 0.781. The van der Waals surface area contributed by atoms with Gasteiger partial charge in [0.25, 0.3) is 0 Å². The molecule has 23 heavy (non-hydrogen) atoms. The molecule has 2 aromatic rings. The minimum absolute atomic E-state index is 0.246. The maximum Gasteiger partial charge on any atom is 0.160 e. The van der Waals surface area contributed by atoms with Crippen molar-refractivity contribution >= 4 is 5.71 Å². The van der Waals surface area contributed by atoms with Gasteiger partial charge in [-0.15, -0.1) is 0 Å². The lowest BCUT2D eigenvalue weighted by Crippen LogP contribution is -2.19. The lowest BCUT2D eigenvalue weighted by molar-refractivity contribution is 0.319. The van der Waals surface area contributed by atoms with Crippen LogP contribution in [-0.4, -0.2) is 26.0 Å². The first-order valence-corrected chi connectivity index (χ1v) is 7.66. The molecule has 5 heteroatoms. The molecule has 0 bridgehead atoms. The molecule has 0 aliphatic heterocycles. The molecule has 0 amide bonds. The number of nitrogens with one attached hydrogen (secondary N) is 1. The van der Waals surface area contributed by atoms with E-state index in [1.54, 1.807) is 12.4 Å². The molecule has 0 aliphatic carbocycles. The largest absolute Gasteiger partial charge is 0.507 e. The van der Waals surface area contributed by atoms with Gasteiger partial charge in [-0.25, -0.2) is 4.98 Å². The number of hydrogen-bond donors (Lipinski definition) is 3. The topological polar surface area (TPSA) is 81.5 Å². The molecule has 3 N–H and O–H groups in total. The average molecular weight is 315 g/mol. The minimum Gasteiger partial charge on any atom is -0.507 e. The Labute approximate surface area is 137 Å². The summed E-state index contributed by atoms with van der Waals surface area (Å²) in [4.78, 5) is 7.11. The monoisotopic (exact) mass is 315 g/mol. The molecule has 0 fully saturated rings. The SMILES string of the molecule is CC(C)(C)c1cc(/C(=N/O)c2ncc[nH]2)cc(C(C)(C)C)c1O. The number of phenolic OH excluding ortho intramolecular Hbond substituents is 1. The first kappa shape index (κ1) is 17.1. The van der Waals surface area contributed by atoms with Crippen molar-refractivity contribution in [3.05, 3.63) is 47.0 Å². The molecule has 0 spiro atoms. The second-order valence-corrected chi connectivity index (χ2v) is 7.81. The summed E-state index contributed by atoms with van der Waals surface area (Å²) in [6.45, 7) is 12.3. The van der Waals surface area contributed by atoms with E-state index in [0.717, 1.165) is 16.7 Å². The quantitative estimate of drug-likeness (QED) is 0.446. The van der Waals surface area contributed by atoms with Crippen LogP contribution in [0.25, 0.3) is 0 Å². The van der Waals surface area contributed by atoms with Crippen LogP contribution < -0.4 is 0 Å². The molecule has 0 radical (unpaired) electrons. The summed E-state index contributed by atoms with van der Waals surface area (Å²) < 4.78 is 0. The number of benzene rings is 1. The van der Waals surface area contributed by atoms with E-state index in [2.05, 4.69) is 15.1 Å². The number of imidazole rings is 1. The summed E-state index contributed by atoms with van der Waals surface area (Å²) in [5.41, 5.74) is 2.20. The molecule has 0 saturated heterocycles. The molecule has 124 valence electrons. The van der Waals surface area contributed by atoms with E-state index < -0.39 is 0 Å². The van der Waals surface area contributed by atoms with Gasteiger partial charge >= 0.3 is 0 Å². The lowest BCUT2D eigenvalue weighted by Gasteiger charge is -2.28. The van der Waals surface area contributed by atoms with Crippen molar-refractivity contribution in [3.63, 3.8) is 0 Å². The van der Waals surface area contributed by atoms with Crippen LogP contribution in [0.15, 0.2) is 29.7 Å². The lowest BCUT2D eigenvalue weighted by atomic mass is 9.78. The fourth-order valence-corrected chi connectivity index (χ4v) is 2.55. The molecule has 1 aromatic carbocycles. The number of oxime groups is 1. The Morgan fingerprint density at radius 3 is 1.91 bits per heavy atom. The number of nitrogens with zero attached hydrogens (tertiary/aromatic N) is 2. The summed E-state index contributed by atoms with van der Waals surface area (Å²) in [6.07, 6.45) is 3.28. The Bertz CT molecular complexity index is 683. The summed E-state index contributed by atoms with van der Waals surface area (Å²) in [5, 5.41) is 23.6. The van der Waals surface area contributed by atoms with Crippen molar-refractivity contribution in [2.75, 3.05) is 0 Å². The van der Waals surface area contributed by atoms with Crippen LogP contribution in [0, 0.1) is 0 Å². The molecular formula is C18H25N3O2. The fraction of sp³-hybridized carbons (Fsp3) is 0.444. The molecule has 0 atom stereocenters. The van der Waals surface area contributed by atoms with E-state index in [1.807, 2.05) is 53.7 Å². The van der Waals surface area contributed by atoms with E-state index in [9.17, 15) is 10.3 Å². The van der Waals surface area contributed by atoms with Gasteiger partial charge in [-0.2, -0.15) is 0 Å². The van der Waals surface area contributed by atoms with Gasteiger partial charge in [-0.3, -0.25) is 0 Å². The molecule has 1 aromatic heterocycles. The molecule has 5 nitrogen and oxygen atoms in total. The second-order valence-electron chi connectivity index (χ2n) is 7.81. The first-order valence-electron chi connectivity index (χ1n) is 7.66. The highest BCUT2D eigenvalue weighted by Crippen LogP contribution is 2.40. The highest BCUT2D eigenvalue weighted by molar-refractivity contribution is 6.10. The number of aromatic hydroxyl groups is 1. The number of phenols is 1. The van der Waals surface area contributed by atoms with Gasteiger partial charge in [0.05, 0.1) is 0 Å². The highest BCUT2D eigenvalue weighted by Gasteiger charge is 2.28. The maximum atomic E-state index is 10.7. The van der Waals surface area contributed by atoms with E-state index in [-0.39, 0.29) is 10.8 Å². The zero-order valence-corrected chi connectivity index (χ0v) is 14.6. The average Bonchev–Trinajstić information content (AvgIpc) is 2.92. The third-order valence-electron chi connectivity index (χ3n) is 3.82. The van der Waals surface area contributed by atoms with Crippen molar-refractivity contribution in [2.24, 2.45) is 5.16 Å². The first-order chi connectivity index (χ1) is 10.6. The van der Waals surface area contributed by atoms with Crippen LogP contribution in [-0.2, 0) is 10.8 Å². The standard InChI is InChI=1S/C18H25N3O2/c1-17(2,3)12-9-11(10-13(15(12)22)18(4,5)6)14(21-23)16-19-7-8-20-16/h7-10,22-23H,1-6H3,(H,19,20)/b21-14-. The maximum absolute atomic E-state index is 10.7. The molecule has 0 unspecified atom stereocenters. The predicted molar refractivity (Wildman–Crippen MR) is 91.5 cm³/mol. The van der Waals surface area contributed by atoms with Crippen molar-refractivity contribution in [1.82, 2.24) is 9.97 Å². The zero-order valence-electron chi connectivity index (χ0n) is 14.6. The van der Waals surface area contributed by atoms with Gasteiger partial charge in [-0.05, 0) is 23.0 Å². The Hall–Kier alpha value is -2.30. The smallest absolute Gasteiger partial charge is 0.160 e. The summed E-state index contributed by atoms with van der Waals surface area (Å²) in [6, 6.07) is 3.73. The Kier molecular flexibility index (Phi) is 4.24. The van der Waals surface area contributed by atoms with Crippen LogP contribution in [0.4, 0.5) is 0 Å². The van der Waals surface area contributed by atoms with Crippen LogP contribution in [0.3, 0.4) is 0 Å². The van der Waals surface area contributed by atoms with Gasteiger partial charge in [0, 0.05) is 29.1 Å². The second kappa shape index (κ2) is 5.72. The van der Waals surface area contributed by atoms with Crippen LogP contribution in [0.1, 0.15) is 64.1 Å². The van der Waals surface area contributed by atoms with E-state index in [0.29, 0.717) is 17.3 Å². The van der Waals surface area contributed by atoms with Crippen molar-refractivity contribution in [1.29, 1.82) is 0 Å². The van der Waals surface area contributed by atoms with Gasteiger partial charge in [0.1, 0.15) is 5.75 Å². The Morgan fingerprint density at radius 2 is 1.57 bits per heavy atom. The number of aromatic amines is 1. The molecule has 2 rings (SSSR count). The zero-order chi connectivity index (χ0) is 17.4. The predicted octanol–water partition coefficient (Wildman–Crippen LogP) is 3.94. The highest BCUT2D eigenvalue weighted by atomic mass is 16.4.